The molecular formula is C21H25NO4S. The molecule has 27 heavy (non-hydrogen) atoms. The topological polar surface area (TPSA) is 72.5 Å². The van der Waals surface area contributed by atoms with Gasteiger partial charge in [0.25, 0.3) is 11.1 Å². The van der Waals surface area contributed by atoms with Crippen molar-refractivity contribution in [2.24, 2.45) is 5.92 Å². The van der Waals surface area contributed by atoms with Crippen LogP contribution in [0.4, 0.5) is 4.79 Å². The Balaban J connectivity index is 1.51. The second-order valence-electron chi connectivity index (χ2n) is 7.25. The van der Waals surface area contributed by atoms with E-state index in [9.17, 15) is 14.4 Å². The smallest absolute Gasteiger partial charge is 0.311 e. The van der Waals surface area contributed by atoms with Gasteiger partial charge in [-0.15, -0.1) is 0 Å². The zero-order chi connectivity index (χ0) is 19.2. The summed E-state index contributed by atoms with van der Waals surface area (Å²) < 4.78 is 5.50. The molecule has 2 fully saturated rings. The van der Waals surface area contributed by atoms with E-state index in [0.29, 0.717) is 17.1 Å². The highest BCUT2D eigenvalue weighted by Gasteiger charge is 2.25. The molecule has 6 heteroatoms. The number of rotatable bonds is 6. The molecule has 1 aliphatic heterocycles. The fourth-order valence-electron chi connectivity index (χ4n) is 3.63. The summed E-state index contributed by atoms with van der Waals surface area (Å²) in [6, 6.07) is 5.36. The molecule has 1 saturated carbocycles. The number of ether oxygens (including phenoxy) is 1. The first kappa shape index (κ1) is 19.7. The highest BCUT2D eigenvalue weighted by Crippen LogP contribution is 2.29. The molecule has 3 rings (SSSR count). The van der Waals surface area contributed by atoms with Crippen LogP contribution in [0, 0.1) is 12.8 Å². The molecule has 0 bridgehead atoms. The number of carbonyl (C=O) groups is 3. The number of thioether (sulfide) groups is 1. The van der Waals surface area contributed by atoms with Crippen LogP contribution in [0.2, 0.25) is 0 Å². The highest BCUT2D eigenvalue weighted by atomic mass is 32.2. The normalized spacial score (nSPS) is 19.4. The van der Waals surface area contributed by atoms with Gasteiger partial charge in [-0.1, -0.05) is 38.2 Å². The first-order valence-corrected chi connectivity index (χ1v) is 10.4. The number of hydrogen-bond acceptors (Lipinski definition) is 5. The maximum absolute atomic E-state index is 12.1. The van der Waals surface area contributed by atoms with Crippen molar-refractivity contribution < 1.29 is 19.1 Å². The van der Waals surface area contributed by atoms with Crippen LogP contribution in [-0.4, -0.2) is 17.1 Å². The predicted octanol–water partition coefficient (Wildman–Crippen LogP) is 4.97. The first-order valence-electron chi connectivity index (χ1n) is 9.57. The van der Waals surface area contributed by atoms with Gasteiger partial charge in [-0.2, -0.15) is 0 Å². The SMILES string of the molecule is Cc1cc(/C=C2\SC(=O)NC2=O)ccc1OC(=O)CCCC1CCCCC1. The summed E-state index contributed by atoms with van der Waals surface area (Å²) in [6.07, 6.45) is 10.7. The Bertz CT molecular complexity index is 765. The molecule has 2 aliphatic rings. The number of amides is 2. The van der Waals surface area contributed by atoms with Gasteiger partial charge in [0.2, 0.25) is 0 Å². The van der Waals surface area contributed by atoms with Gasteiger partial charge in [0, 0.05) is 6.42 Å². The Morgan fingerprint density at radius 2 is 2.04 bits per heavy atom. The van der Waals surface area contributed by atoms with Crippen molar-refractivity contribution in [3.05, 3.63) is 34.2 Å². The van der Waals surface area contributed by atoms with Crippen molar-refractivity contribution in [1.82, 2.24) is 5.32 Å². The highest BCUT2D eigenvalue weighted by molar-refractivity contribution is 8.18. The quantitative estimate of drug-likeness (QED) is 0.424. The third-order valence-corrected chi connectivity index (χ3v) is 5.89. The van der Waals surface area contributed by atoms with Crippen LogP contribution in [0.15, 0.2) is 23.1 Å². The Kier molecular flexibility index (Phi) is 6.72. The summed E-state index contributed by atoms with van der Waals surface area (Å²) >= 11 is 0.886. The molecule has 1 saturated heterocycles. The summed E-state index contributed by atoms with van der Waals surface area (Å²) in [5, 5.41) is 1.87. The lowest BCUT2D eigenvalue weighted by Gasteiger charge is -2.21. The zero-order valence-electron chi connectivity index (χ0n) is 15.6. The predicted molar refractivity (Wildman–Crippen MR) is 106 cm³/mol. The largest absolute Gasteiger partial charge is 0.426 e. The van der Waals surface area contributed by atoms with Crippen molar-refractivity contribution in [3.63, 3.8) is 0 Å². The average Bonchev–Trinajstić information content (AvgIpc) is 2.95. The molecule has 1 N–H and O–H groups in total. The fourth-order valence-corrected chi connectivity index (χ4v) is 4.32. The minimum atomic E-state index is -0.379. The third-order valence-electron chi connectivity index (χ3n) is 5.08. The second kappa shape index (κ2) is 9.22. The lowest BCUT2D eigenvalue weighted by Crippen LogP contribution is -2.17. The molecule has 0 radical (unpaired) electrons. The van der Waals surface area contributed by atoms with Crippen LogP contribution in [0.5, 0.6) is 5.75 Å². The van der Waals surface area contributed by atoms with Gasteiger partial charge in [-0.3, -0.25) is 19.7 Å². The third kappa shape index (κ3) is 5.70. The van der Waals surface area contributed by atoms with E-state index in [0.717, 1.165) is 41.6 Å². The van der Waals surface area contributed by atoms with Gasteiger partial charge in [0.1, 0.15) is 5.75 Å². The molecule has 0 aromatic heterocycles. The van der Waals surface area contributed by atoms with Crippen LogP contribution < -0.4 is 10.1 Å². The molecule has 144 valence electrons. The number of hydrogen-bond donors (Lipinski definition) is 1. The van der Waals surface area contributed by atoms with Gasteiger partial charge >= 0.3 is 5.97 Å². The maximum Gasteiger partial charge on any atom is 0.311 e. The number of aryl methyl sites for hydroxylation is 1. The summed E-state index contributed by atoms with van der Waals surface area (Å²) in [7, 11) is 0. The van der Waals surface area contributed by atoms with E-state index in [2.05, 4.69) is 5.32 Å². The van der Waals surface area contributed by atoms with Crippen LogP contribution in [0.1, 0.15) is 62.5 Å². The van der Waals surface area contributed by atoms with E-state index >= 15 is 0 Å². The molecule has 1 aromatic carbocycles. The monoisotopic (exact) mass is 387 g/mol. The van der Waals surface area contributed by atoms with Gasteiger partial charge < -0.3 is 4.74 Å². The minimum Gasteiger partial charge on any atom is -0.426 e. The Morgan fingerprint density at radius 3 is 2.70 bits per heavy atom. The summed E-state index contributed by atoms with van der Waals surface area (Å²) in [6.45, 7) is 1.86. The summed E-state index contributed by atoms with van der Waals surface area (Å²) in [5.74, 6) is 0.741. The van der Waals surface area contributed by atoms with E-state index in [1.807, 2.05) is 13.0 Å². The average molecular weight is 388 g/mol. The Labute approximate surface area is 163 Å². The molecule has 2 amide bonds. The van der Waals surface area contributed by atoms with Crippen LogP contribution >= 0.6 is 11.8 Å². The fraction of sp³-hybridized carbons (Fsp3) is 0.476. The van der Waals surface area contributed by atoms with Gasteiger partial charge in [-0.05, 0) is 66.8 Å². The van der Waals surface area contributed by atoms with Crippen LogP contribution in [0.25, 0.3) is 6.08 Å². The first-order chi connectivity index (χ1) is 13.0. The number of imide groups is 1. The minimum absolute atomic E-state index is 0.198. The number of benzene rings is 1. The standard InChI is InChI=1S/C21H25NO4S/c1-14-12-16(13-18-20(24)22-21(25)27-18)10-11-17(14)26-19(23)9-5-8-15-6-3-2-4-7-15/h10-13,15H,2-9H2,1H3,(H,22,24,25)/b18-13-. The van der Waals surface area contributed by atoms with Gasteiger partial charge in [0.05, 0.1) is 4.91 Å². The van der Waals surface area contributed by atoms with E-state index in [4.69, 9.17) is 4.74 Å². The molecular weight excluding hydrogens is 362 g/mol. The van der Waals surface area contributed by atoms with Crippen molar-refractivity contribution in [3.8, 4) is 5.75 Å². The van der Waals surface area contributed by atoms with Crippen LogP contribution in [0.3, 0.4) is 0 Å². The molecule has 1 heterocycles. The molecule has 0 unspecified atom stereocenters. The second-order valence-corrected chi connectivity index (χ2v) is 8.26. The van der Waals surface area contributed by atoms with E-state index in [1.165, 1.54) is 32.1 Å². The van der Waals surface area contributed by atoms with Gasteiger partial charge in [-0.25, -0.2) is 0 Å². The van der Waals surface area contributed by atoms with E-state index in [-0.39, 0.29) is 17.1 Å². The van der Waals surface area contributed by atoms with Crippen molar-refractivity contribution in [2.75, 3.05) is 0 Å². The lowest BCUT2D eigenvalue weighted by atomic mass is 9.86. The zero-order valence-corrected chi connectivity index (χ0v) is 16.4. The Hall–Kier alpha value is -2.08. The molecule has 0 atom stereocenters. The summed E-state index contributed by atoms with van der Waals surface area (Å²) in [5.41, 5.74) is 1.61. The molecule has 0 spiro atoms. The van der Waals surface area contributed by atoms with E-state index < -0.39 is 0 Å². The maximum atomic E-state index is 12.1. The summed E-state index contributed by atoms with van der Waals surface area (Å²) in [4.78, 5) is 35.3. The molecule has 1 aliphatic carbocycles. The van der Waals surface area contributed by atoms with Crippen molar-refractivity contribution in [1.29, 1.82) is 0 Å². The Morgan fingerprint density at radius 1 is 1.26 bits per heavy atom. The van der Waals surface area contributed by atoms with Crippen molar-refractivity contribution in [2.45, 2.75) is 58.3 Å². The number of carbonyl (C=O) groups excluding carboxylic acids is 3. The molecule has 1 aromatic rings. The van der Waals surface area contributed by atoms with Gasteiger partial charge in [0.15, 0.2) is 0 Å². The number of esters is 1. The number of nitrogens with one attached hydrogen (secondary N) is 1. The lowest BCUT2D eigenvalue weighted by molar-refractivity contribution is -0.134. The van der Waals surface area contributed by atoms with Crippen molar-refractivity contribution >= 4 is 35.0 Å². The van der Waals surface area contributed by atoms with Crippen LogP contribution in [-0.2, 0) is 9.59 Å². The van der Waals surface area contributed by atoms with E-state index in [1.54, 1.807) is 18.2 Å². The molecule has 5 nitrogen and oxygen atoms in total.